The van der Waals surface area contributed by atoms with Crippen LogP contribution in [0.5, 0.6) is 0 Å². The molecule has 0 saturated heterocycles. The number of hydrogen-bond acceptors (Lipinski definition) is 2. The second-order valence-electron chi connectivity index (χ2n) is 2.04. The number of aromatic nitrogens is 1. The molecule has 3 heteroatoms. The van der Waals surface area contributed by atoms with Crippen molar-refractivity contribution < 1.29 is 4.79 Å². The van der Waals surface area contributed by atoms with Gasteiger partial charge in [-0.3, -0.25) is 9.78 Å². The number of carbonyl (C=O) groups is 1. The molecule has 0 N–H and O–H groups in total. The highest BCUT2D eigenvalue weighted by molar-refractivity contribution is 6.34. The Morgan fingerprint density at radius 3 is 2.80 bits per heavy atom. The summed E-state index contributed by atoms with van der Waals surface area (Å²) in [6, 6.07) is 3.44. The Hall–Kier alpha value is -1.12. The Morgan fingerprint density at radius 2 is 2.30 bits per heavy atom. The van der Waals surface area contributed by atoms with Crippen molar-refractivity contribution >= 4 is 19.6 Å². The van der Waals surface area contributed by atoms with Crippen molar-refractivity contribution in [2.24, 2.45) is 0 Å². The van der Waals surface area contributed by atoms with Crippen molar-refractivity contribution in [3.63, 3.8) is 0 Å². The predicted molar refractivity (Wildman–Crippen MR) is 39.7 cm³/mol. The summed E-state index contributed by atoms with van der Waals surface area (Å²) >= 11 is 0. The van der Waals surface area contributed by atoms with E-state index in [1.165, 1.54) is 0 Å². The van der Waals surface area contributed by atoms with Gasteiger partial charge in [0.2, 0.25) is 0 Å². The normalized spacial score (nSPS) is 9.30. The van der Waals surface area contributed by atoms with Gasteiger partial charge in [-0.15, -0.1) is 0 Å². The summed E-state index contributed by atoms with van der Waals surface area (Å²) in [6.07, 6.45) is 0.655. The van der Waals surface area contributed by atoms with E-state index in [1.54, 1.807) is 12.1 Å². The van der Waals surface area contributed by atoms with Crippen LogP contribution >= 0.6 is 0 Å². The summed E-state index contributed by atoms with van der Waals surface area (Å²) in [7, 11) is 5.41. The summed E-state index contributed by atoms with van der Waals surface area (Å²) in [5.41, 5.74) is 1.55. The van der Waals surface area contributed by atoms with Crippen molar-refractivity contribution in [2.45, 2.75) is 6.92 Å². The molecular weight excluding hydrogens is 125 g/mol. The van der Waals surface area contributed by atoms with Gasteiger partial charge in [-0.25, -0.2) is 0 Å². The van der Waals surface area contributed by atoms with E-state index >= 15 is 0 Å². The SMILES string of the molecule is [B]c1ccc(C)nc1C=O. The fourth-order valence-corrected chi connectivity index (χ4v) is 0.682. The molecule has 0 saturated carbocycles. The summed E-state index contributed by atoms with van der Waals surface area (Å²) in [5, 5.41) is 0. The van der Waals surface area contributed by atoms with Crippen LogP contribution in [0.3, 0.4) is 0 Å². The average Bonchev–Trinajstić information content (AvgIpc) is 1.94. The third kappa shape index (κ3) is 1.24. The van der Waals surface area contributed by atoms with Crippen LogP contribution in [0.1, 0.15) is 16.2 Å². The van der Waals surface area contributed by atoms with Crippen LogP contribution in [0.25, 0.3) is 0 Å². The van der Waals surface area contributed by atoms with Crippen molar-refractivity contribution in [3.8, 4) is 0 Å². The molecule has 0 amide bonds. The predicted octanol–water partition coefficient (Wildman–Crippen LogP) is -0.00368. The molecular formula is C7H6BNO. The summed E-state index contributed by atoms with van der Waals surface area (Å²) in [4.78, 5) is 14.1. The Balaban J connectivity index is 3.21. The zero-order valence-electron chi connectivity index (χ0n) is 5.66. The van der Waals surface area contributed by atoms with E-state index in [2.05, 4.69) is 4.98 Å². The van der Waals surface area contributed by atoms with Gasteiger partial charge in [-0.2, -0.15) is 0 Å². The van der Waals surface area contributed by atoms with E-state index in [1.807, 2.05) is 6.92 Å². The van der Waals surface area contributed by atoms with Crippen LogP contribution in [-0.2, 0) is 0 Å². The van der Waals surface area contributed by atoms with Crippen LogP contribution in [0, 0.1) is 6.92 Å². The third-order valence-corrected chi connectivity index (χ3v) is 1.21. The van der Waals surface area contributed by atoms with E-state index in [-0.39, 0.29) is 0 Å². The molecule has 0 atom stereocenters. The first-order valence-electron chi connectivity index (χ1n) is 2.92. The smallest absolute Gasteiger partial charge is 0.167 e. The van der Waals surface area contributed by atoms with Gasteiger partial charge in [-0.05, 0) is 13.0 Å². The largest absolute Gasteiger partial charge is 0.296 e. The van der Waals surface area contributed by atoms with Gasteiger partial charge in [0.1, 0.15) is 7.85 Å². The van der Waals surface area contributed by atoms with E-state index in [9.17, 15) is 4.79 Å². The molecule has 48 valence electrons. The van der Waals surface area contributed by atoms with Gasteiger partial charge in [-0.1, -0.05) is 11.5 Å². The maximum absolute atomic E-state index is 10.2. The van der Waals surface area contributed by atoms with Gasteiger partial charge in [0.15, 0.2) is 6.29 Å². The fraction of sp³-hybridized carbons (Fsp3) is 0.143. The van der Waals surface area contributed by atoms with Crippen molar-refractivity contribution in [1.29, 1.82) is 0 Å². The third-order valence-electron chi connectivity index (χ3n) is 1.21. The molecule has 0 aromatic carbocycles. The highest BCUT2D eigenvalue weighted by atomic mass is 16.1. The number of rotatable bonds is 1. The maximum atomic E-state index is 10.2. The topological polar surface area (TPSA) is 30.0 Å². The minimum atomic E-state index is 0.319. The molecule has 0 unspecified atom stereocenters. The fourth-order valence-electron chi connectivity index (χ4n) is 0.682. The maximum Gasteiger partial charge on any atom is 0.167 e. The number of hydrogen-bond donors (Lipinski definition) is 0. The Labute approximate surface area is 60.7 Å². The van der Waals surface area contributed by atoms with Crippen molar-refractivity contribution in [3.05, 3.63) is 23.5 Å². The van der Waals surface area contributed by atoms with Crippen molar-refractivity contribution in [2.75, 3.05) is 0 Å². The van der Waals surface area contributed by atoms with E-state index in [0.717, 1.165) is 5.69 Å². The molecule has 2 nitrogen and oxygen atoms in total. The van der Waals surface area contributed by atoms with E-state index in [0.29, 0.717) is 17.4 Å². The molecule has 2 radical (unpaired) electrons. The lowest BCUT2D eigenvalue weighted by molar-refractivity contribution is 0.112. The molecule has 0 fully saturated rings. The monoisotopic (exact) mass is 131 g/mol. The Morgan fingerprint density at radius 1 is 1.60 bits per heavy atom. The minimum Gasteiger partial charge on any atom is -0.296 e. The second kappa shape index (κ2) is 2.65. The average molecular weight is 131 g/mol. The highest BCUT2D eigenvalue weighted by Gasteiger charge is 1.95. The lowest BCUT2D eigenvalue weighted by Gasteiger charge is -1.96. The number of pyridine rings is 1. The first-order chi connectivity index (χ1) is 4.74. The lowest BCUT2D eigenvalue weighted by atomic mass is 9.94. The number of aldehydes is 1. The Kier molecular flexibility index (Phi) is 1.85. The summed E-state index contributed by atoms with van der Waals surface area (Å²) in [5.74, 6) is 0. The zero-order valence-corrected chi connectivity index (χ0v) is 5.66. The zero-order chi connectivity index (χ0) is 7.56. The summed E-state index contributed by atoms with van der Waals surface area (Å²) in [6.45, 7) is 1.81. The second-order valence-corrected chi connectivity index (χ2v) is 2.04. The highest BCUT2D eigenvalue weighted by Crippen LogP contribution is 1.90. The van der Waals surface area contributed by atoms with Gasteiger partial charge >= 0.3 is 0 Å². The lowest BCUT2D eigenvalue weighted by Crippen LogP contribution is -2.12. The van der Waals surface area contributed by atoms with Crippen LogP contribution in [-0.4, -0.2) is 19.1 Å². The molecule has 0 aliphatic rings. The molecule has 1 aromatic rings. The number of carbonyl (C=O) groups excluding carboxylic acids is 1. The van der Waals surface area contributed by atoms with Gasteiger partial charge in [0.05, 0.1) is 5.69 Å². The minimum absolute atomic E-state index is 0.319. The van der Waals surface area contributed by atoms with Crippen LogP contribution in [0.2, 0.25) is 0 Å². The van der Waals surface area contributed by atoms with Crippen LogP contribution in [0.4, 0.5) is 0 Å². The summed E-state index contributed by atoms with van der Waals surface area (Å²) < 4.78 is 0. The van der Waals surface area contributed by atoms with E-state index in [4.69, 9.17) is 7.85 Å². The molecule has 1 aromatic heterocycles. The Bertz CT molecular complexity index is 260. The molecule has 0 aliphatic heterocycles. The van der Waals surface area contributed by atoms with Crippen LogP contribution < -0.4 is 5.46 Å². The first-order valence-corrected chi connectivity index (χ1v) is 2.92. The molecule has 0 bridgehead atoms. The van der Waals surface area contributed by atoms with Gasteiger partial charge < -0.3 is 0 Å². The van der Waals surface area contributed by atoms with Gasteiger partial charge in [0, 0.05) is 5.69 Å². The van der Waals surface area contributed by atoms with Gasteiger partial charge in [0.25, 0.3) is 0 Å². The van der Waals surface area contributed by atoms with Crippen LogP contribution in [0.15, 0.2) is 12.1 Å². The number of aryl methyl sites for hydroxylation is 1. The molecule has 0 aliphatic carbocycles. The molecule has 1 heterocycles. The standard InChI is InChI=1S/C7H6BNO/c1-5-2-3-6(8)7(4-10)9-5/h2-4H,1H3. The van der Waals surface area contributed by atoms with Crippen molar-refractivity contribution in [1.82, 2.24) is 4.98 Å². The van der Waals surface area contributed by atoms with E-state index < -0.39 is 0 Å². The molecule has 0 spiro atoms. The number of nitrogens with zero attached hydrogens (tertiary/aromatic N) is 1. The quantitative estimate of drug-likeness (QED) is 0.396. The molecule has 1 rings (SSSR count). The first kappa shape index (κ1) is 7.00. The molecule has 10 heavy (non-hydrogen) atoms.